The van der Waals surface area contributed by atoms with Crippen LogP contribution in [0.5, 0.6) is 11.5 Å². The maximum Gasteiger partial charge on any atom is 0.342 e. The second-order valence-corrected chi connectivity index (χ2v) is 6.59. The van der Waals surface area contributed by atoms with E-state index < -0.39 is 5.97 Å². The fraction of sp³-hybridized carbons (Fsp3) is 0.261. The SMILES string of the molecule is COC(=O)c1c(/C=C/c2cccc(C)c2)cc(OC)c(CC=C(C)C)c1O. The highest BCUT2D eigenvalue weighted by molar-refractivity contribution is 5.98. The molecule has 0 saturated carbocycles. The van der Waals surface area contributed by atoms with E-state index in [0.29, 0.717) is 23.3 Å². The molecule has 2 aromatic carbocycles. The average molecular weight is 366 g/mol. The van der Waals surface area contributed by atoms with Crippen molar-refractivity contribution in [1.29, 1.82) is 0 Å². The first kappa shape index (κ1) is 20.3. The van der Waals surface area contributed by atoms with Crippen molar-refractivity contribution in [2.24, 2.45) is 0 Å². The molecule has 0 saturated heterocycles. The zero-order valence-corrected chi connectivity index (χ0v) is 16.5. The first-order chi connectivity index (χ1) is 12.9. The normalized spacial score (nSPS) is 10.7. The van der Waals surface area contributed by atoms with Crippen molar-refractivity contribution in [2.45, 2.75) is 27.2 Å². The molecule has 4 nitrogen and oxygen atoms in total. The molecule has 2 rings (SSSR count). The molecule has 0 aliphatic carbocycles. The topological polar surface area (TPSA) is 55.8 Å². The van der Waals surface area contributed by atoms with E-state index in [1.54, 1.807) is 19.3 Å². The zero-order chi connectivity index (χ0) is 20.0. The third-order valence-electron chi connectivity index (χ3n) is 4.22. The number of aromatic hydroxyl groups is 1. The third-order valence-corrected chi connectivity index (χ3v) is 4.22. The molecule has 0 aliphatic rings. The van der Waals surface area contributed by atoms with Crippen LogP contribution < -0.4 is 4.74 Å². The smallest absolute Gasteiger partial charge is 0.342 e. The first-order valence-electron chi connectivity index (χ1n) is 8.76. The number of hydrogen-bond donors (Lipinski definition) is 1. The lowest BCUT2D eigenvalue weighted by Gasteiger charge is -2.15. The van der Waals surface area contributed by atoms with Gasteiger partial charge in [-0.1, -0.05) is 53.6 Å². The van der Waals surface area contributed by atoms with Crippen LogP contribution in [0.25, 0.3) is 12.2 Å². The van der Waals surface area contributed by atoms with Gasteiger partial charge >= 0.3 is 5.97 Å². The Kier molecular flexibility index (Phi) is 6.83. The van der Waals surface area contributed by atoms with Gasteiger partial charge in [0.05, 0.1) is 14.2 Å². The van der Waals surface area contributed by atoms with E-state index >= 15 is 0 Å². The lowest BCUT2D eigenvalue weighted by Crippen LogP contribution is -2.07. The summed E-state index contributed by atoms with van der Waals surface area (Å²) in [4.78, 5) is 12.3. The Morgan fingerprint density at radius 3 is 2.48 bits per heavy atom. The van der Waals surface area contributed by atoms with Crippen molar-refractivity contribution in [3.8, 4) is 11.5 Å². The maximum atomic E-state index is 12.3. The number of ether oxygens (including phenoxy) is 2. The Morgan fingerprint density at radius 1 is 1.15 bits per heavy atom. The molecular weight excluding hydrogens is 340 g/mol. The van der Waals surface area contributed by atoms with Crippen LogP contribution in [-0.2, 0) is 11.2 Å². The summed E-state index contributed by atoms with van der Waals surface area (Å²) in [5.41, 5.74) is 4.49. The lowest BCUT2D eigenvalue weighted by molar-refractivity contribution is 0.0597. The summed E-state index contributed by atoms with van der Waals surface area (Å²) in [6.07, 6.45) is 6.11. The number of carbonyl (C=O) groups excluding carboxylic acids is 1. The molecule has 0 spiro atoms. The minimum Gasteiger partial charge on any atom is -0.507 e. The van der Waals surface area contributed by atoms with E-state index in [9.17, 15) is 9.90 Å². The van der Waals surface area contributed by atoms with Gasteiger partial charge in [0, 0.05) is 5.56 Å². The summed E-state index contributed by atoms with van der Waals surface area (Å²) in [5.74, 6) is -0.165. The van der Waals surface area contributed by atoms with Crippen molar-refractivity contribution in [2.75, 3.05) is 14.2 Å². The lowest BCUT2D eigenvalue weighted by atomic mass is 9.97. The van der Waals surface area contributed by atoms with Gasteiger partial charge in [0.15, 0.2) is 0 Å². The summed E-state index contributed by atoms with van der Waals surface area (Å²) < 4.78 is 10.4. The number of allylic oxidation sites excluding steroid dienone is 2. The molecule has 0 atom stereocenters. The quantitative estimate of drug-likeness (QED) is 0.435. The second kappa shape index (κ2) is 9.08. The molecule has 0 aromatic heterocycles. The highest BCUT2D eigenvalue weighted by Gasteiger charge is 2.22. The summed E-state index contributed by atoms with van der Waals surface area (Å²) in [5, 5.41) is 10.8. The molecule has 0 aliphatic heterocycles. The minimum absolute atomic E-state index is 0.109. The molecule has 0 radical (unpaired) electrons. The van der Waals surface area contributed by atoms with Crippen LogP contribution in [0.4, 0.5) is 0 Å². The number of methoxy groups -OCH3 is 2. The number of benzene rings is 2. The van der Waals surface area contributed by atoms with Crippen LogP contribution in [0, 0.1) is 6.92 Å². The fourth-order valence-electron chi connectivity index (χ4n) is 2.80. The van der Waals surface area contributed by atoms with Gasteiger partial charge in [0.2, 0.25) is 0 Å². The fourth-order valence-corrected chi connectivity index (χ4v) is 2.80. The number of phenolic OH excluding ortho intramolecular Hbond substituents is 1. The van der Waals surface area contributed by atoms with Crippen LogP contribution in [0.2, 0.25) is 0 Å². The van der Waals surface area contributed by atoms with E-state index in [2.05, 4.69) is 0 Å². The summed E-state index contributed by atoms with van der Waals surface area (Å²) in [6, 6.07) is 9.75. The van der Waals surface area contributed by atoms with E-state index in [-0.39, 0.29) is 11.3 Å². The highest BCUT2D eigenvalue weighted by Crippen LogP contribution is 2.36. The van der Waals surface area contributed by atoms with Crippen LogP contribution in [0.3, 0.4) is 0 Å². The standard InChI is InChI=1S/C23H26O4/c1-15(2)9-12-19-20(26-4)14-18(21(22(19)24)23(25)27-5)11-10-17-8-6-7-16(3)13-17/h6-11,13-14,24H,12H2,1-5H3/b11-10+. The van der Waals surface area contributed by atoms with Gasteiger partial charge in [-0.15, -0.1) is 0 Å². The third kappa shape index (κ3) is 5.00. The monoisotopic (exact) mass is 366 g/mol. The van der Waals surface area contributed by atoms with Gasteiger partial charge in [0.1, 0.15) is 17.1 Å². The van der Waals surface area contributed by atoms with Gasteiger partial charge < -0.3 is 14.6 Å². The van der Waals surface area contributed by atoms with Crippen LogP contribution in [0.1, 0.15) is 46.5 Å². The zero-order valence-electron chi connectivity index (χ0n) is 16.5. The molecule has 2 aromatic rings. The molecule has 4 heteroatoms. The molecule has 0 bridgehead atoms. The van der Waals surface area contributed by atoms with Crippen LogP contribution >= 0.6 is 0 Å². The summed E-state index contributed by atoms with van der Waals surface area (Å²) >= 11 is 0. The van der Waals surface area contributed by atoms with E-state index in [1.807, 2.05) is 57.2 Å². The Balaban J connectivity index is 2.60. The number of phenols is 1. The van der Waals surface area contributed by atoms with Crippen molar-refractivity contribution in [1.82, 2.24) is 0 Å². The molecule has 0 heterocycles. The number of aryl methyl sites for hydroxylation is 1. The molecule has 142 valence electrons. The maximum absolute atomic E-state index is 12.3. The summed E-state index contributed by atoms with van der Waals surface area (Å²) in [6.45, 7) is 5.97. The van der Waals surface area contributed by atoms with Gasteiger partial charge in [-0.05, 0) is 44.4 Å². The Hall–Kier alpha value is -3.01. The Bertz CT molecular complexity index is 887. The van der Waals surface area contributed by atoms with E-state index in [4.69, 9.17) is 9.47 Å². The molecular formula is C23H26O4. The van der Waals surface area contributed by atoms with Gasteiger partial charge in [-0.3, -0.25) is 0 Å². The summed E-state index contributed by atoms with van der Waals surface area (Å²) in [7, 11) is 2.85. The minimum atomic E-state index is -0.586. The largest absolute Gasteiger partial charge is 0.507 e. The second-order valence-electron chi connectivity index (χ2n) is 6.59. The molecule has 0 fully saturated rings. The van der Waals surface area contributed by atoms with E-state index in [0.717, 1.165) is 16.7 Å². The predicted octanol–water partition coefficient (Wildman–Crippen LogP) is 5.17. The van der Waals surface area contributed by atoms with Gasteiger partial charge in [0.25, 0.3) is 0 Å². The van der Waals surface area contributed by atoms with Crippen molar-refractivity contribution in [3.05, 3.63) is 69.8 Å². The van der Waals surface area contributed by atoms with Crippen LogP contribution in [0.15, 0.2) is 42.0 Å². The van der Waals surface area contributed by atoms with E-state index in [1.165, 1.54) is 7.11 Å². The molecule has 1 N–H and O–H groups in total. The Labute approximate surface area is 160 Å². The number of esters is 1. The average Bonchev–Trinajstić information content (AvgIpc) is 2.64. The van der Waals surface area contributed by atoms with Gasteiger partial charge in [-0.2, -0.15) is 0 Å². The molecule has 0 amide bonds. The van der Waals surface area contributed by atoms with Crippen molar-refractivity contribution < 1.29 is 19.4 Å². The number of carbonyl (C=O) groups is 1. The van der Waals surface area contributed by atoms with Gasteiger partial charge in [-0.25, -0.2) is 4.79 Å². The van der Waals surface area contributed by atoms with Crippen molar-refractivity contribution in [3.63, 3.8) is 0 Å². The Morgan fingerprint density at radius 2 is 1.89 bits per heavy atom. The predicted molar refractivity (Wildman–Crippen MR) is 109 cm³/mol. The molecule has 27 heavy (non-hydrogen) atoms. The van der Waals surface area contributed by atoms with Crippen LogP contribution in [-0.4, -0.2) is 25.3 Å². The number of rotatable bonds is 6. The van der Waals surface area contributed by atoms with Crippen molar-refractivity contribution >= 4 is 18.1 Å². The first-order valence-corrected chi connectivity index (χ1v) is 8.76. The highest BCUT2D eigenvalue weighted by atomic mass is 16.5. The number of hydrogen-bond acceptors (Lipinski definition) is 4. The molecule has 0 unspecified atom stereocenters.